The predicted molar refractivity (Wildman–Crippen MR) is 116 cm³/mol. The maximum Gasteiger partial charge on any atom is 0.344 e. The predicted octanol–water partition coefficient (Wildman–Crippen LogP) is 1.30. The molecule has 1 aromatic carbocycles. The van der Waals surface area contributed by atoms with Crippen molar-refractivity contribution in [1.82, 2.24) is 20.1 Å². The van der Waals surface area contributed by atoms with Gasteiger partial charge in [0.05, 0.1) is 10.5 Å². The van der Waals surface area contributed by atoms with E-state index in [0.717, 1.165) is 41.8 Å². The largest absolute Gasteiger partial charge is 0.452 e. The second-order valence-corrected chi connectivity index (χ2v) is 9.99. The minimum Gasteiger partial charge on any atom is -0.452 e. The van der Waals surface area contributed by atoms with Crippen molar-refractivity contribution in [1.29, 1.82) is 0 Å². The molecule has 0 bridgehead atoms. The SMILES string of the molecule is CCN(CC)S(=O)(=O)c1ccc(F)c(C(=O)OCC(=O)NN2C(=O)NC3(CCCCC3)C2=O)c1. The number of ether oxygens (including phenoxy) is 1. The Kier molecular flexibility index (Phi) is 7.56. The Bertz CT molecular complexity index is 1100. The second kappa shape index (κ2) is 10.1. The van der Waals surface area contributed by atoms with Crippen LogP contribution in [0.1, 0.15) is 56.3 Å². The molecule has 0 unspecified atom stereocenters. The van der Waals surface area contributed by atoms with Gasteiger partial charge in [-0.25, -0.2) is 22.4 Å². The van der Waals surface area contributed by atoms with E-state index in [1.807, 2.05) is 0 Å². The molecule has 1 aliphatic carbocycles. The van der Waals surface area contributed by atoms with Crippen molar-refractivity contribution in [3.8, 4) is 0 Å². The smallest absolute Gasteiger partial charge is 0.344 e. The first-order valence-corrected chi connectivity index (χ1v) is 12.4. The summed E-state index contributed by atoms with van der Waals surface area (Å²) in [6, 6.07) is 1.91. The Balaban J connectivity index is 1.65. The van der Waals surface area contributed by atoms with Crippen molar-refractivity contribution in [3.05, 3.63) is 29.6 Å². The van der Waals surface area contributed by atoms with Gasteiger partial charge in [-0.2, -0.15) is 9.31 Å². The van der Waals surface area contributed by atoms with Crippen molar-refractivity contribution in [2.75, 3.05) is 19.7 Å². The molecule has 34 heavy (non-hydrogen) atoms. The highest BCUT2D eigenvalue weighted by Gasteiger charge is 2.52. The van der Waals surface area contributed by atoms with Crippen molar-refractivity contribution < 1.29 is 36.7 Å². The molecule has 2 aliphatic rings. The van der Waals surface area contributed by atoms with Crippen LogP contribution < -0.4 is 10.7 Å². The summed E-state index contributed by atoms with van der Waals surface area (Å²) >= 11 is 0. The normalized spacial score (nSPS) is 17.7. The topological polar surface area (TPSA) is 142 Å². The lowest BCUT2D eigenvalue weighted by molar-refractivity contribution is -0.140. The van der Waals surface area contributed by atoms with Gasteiger partial charge in [-0.15, -0.1) is 0 Å². The van der Waals surface area contributed by atoms with Crippen molar-refractivity contribution in [3.63, 3.8) is 0 Å². The lowest BCUT2D eigenvalue weighted by atomic mass is 9.82. The lowest BCUT2D eigenvalue weighted by Gasteiger charge is -2.30. The number of amides is 4. The van der Waals surface area contributed by atoms with Crippen LogP contribution in [-0.2, 0) is 24.3 Å². The van der Waals surface area contributed by atoms with Crippen LogP contribution in [0, 0.1) is 5.82 Å². The molecule has 4 amide bonds. The maximum absolute atomic E-state index is 14.2. The summed E-state index contributed by atoms with van der Waals surface area (Å²) in [5, 5.41) is 3.17. The van der Waals surface area contributed by atoms with Gasteiger partial charge in [-0.05, 0) is 31.0 Å². The van der Waals surface area contributed by atoms with E-state index in [1.54, 1.807) is 13.8 Å². The second-order valence-electron chi connectivity index (χ2n) is 8.06. The number of halogens is 1. The third-order valence-corrected chi connectivity index (χ3v) is 7.99. The lowest BCUT2D eigenvalue weighted by Crippen LogP contribution is -2.51. The van der Waals surface area contributed by atoms with E-state index < -0.39 is 57.4 Å². The van der Waals surface area contributed by atoms with E-state index >= 15 is 0 Å². The van der Waals surface area contributed by atoms with Gasteiger partial charge in [0.1, 0.15) is 11.4 Å². The van der Waals surface area contributed by atoms with Crippen LogP contribution in [0.25, 0.3) is 0 Å². The number of rotatable bonds is 8. The molecular weight excluding hydrogens is 471 g/mol. The van der Waals surface area contributed by atoms with Gasteiger partial charge in [0.25, 0.3) is 11.8 Å². The molecule has 0 aromatic heterocycles. The monoisotopic (exact) mass is 498 g/mol. The molecule has 1 aromatic rings. The van der Waals surface area contributed by atoms with E-state index in [0.29, 0.717) is 17.9 Å². The Morgan fingerprint density at radius 3 is 2.44 bits per heavy atom. The van der Waals surface area contributed by atoms with Crippen molar-refractivity contribution in [2.45, 2.75) is 56.4 Å². The molecule has 1 saturated heterocycles. The number of benzene rings is 1. The number of urea groups is 1. The number of carbonyl (C=O) groups excluding carboxylic acids is 4. The molecule has 2 fully saturated rings. The number of hydrazine groups is 1. The fourth-order valence-electron chi connectivity index (χ4n) is 4.12. The molecule has 1 aliphatic heterocycles. The Morgan fingerprint density at radius 1 is 1.18 bits per heavy atom. The summed E-state index contributed by atoms with van der Waals surface area (Å²) in [6.07, 6.45) is 3.40. The summed E-state index contributed by atoms with van der Waals surface area (Å²) in [5.74, 6) is -3.88. The van der Waals surface area contributed by atoms with Gasteiger partial charge in [0.2, 0.25) is 10.0 Å². The van der Waals surface area contributed by atoms with Crippen LogP contribution >= 0.6 is 0 Å². The number of sulfonamides is 1. The van der Waals surface area contributed by atoms with Crippen LogP contribution in [0.4, 0.5) is 9.18 Å². The molecule has 1 heterocycles. The van der Waals surface area contributed by atoms with E-state index in [1.165, 1.54) is 0 Å². The fourth-order valence-corrected chi connectivity index (χ4v) is 5.60. The zero-order chi connectivity index (χ0) is 25.1. The Labute approximate surface area is 196 Å². The van der Waals surface area contributed by atoms with E-state index in [4.69, 9.17) is 4.74 Å². The molecular formula is C21H27FN4O7S. The zero-order valence-corrected chi connectivity index (χ0v) is 19.7. The first-order valence-electron chi connectivity index (χ1n) is 11.0. The van der Waals surface area contributed by atoms with Gasteiger partial charge in [0.15, 0.2) is 6.61 Å². The number of nitrogens with one attached hydrogen (secondary N) is 2. The first-order chi connectivity index (χ1) is 16.1. The highest BCUT2D eigenvalue weighted by atomic mass is 32.2. The average molecular weight is 499 g/mol. The highest BCUT2D eigenvalue weighted by Crippen LogP contribution is 2.33. The van der Waals surface area contributed by atoms with Crippen molar-refractivity contribution >= 4 is 33.8 Å². The third-order valence-electron chi connectivity index (χ3n) is 5.94. The molecule has 3 rings (SSSR count). The number of nitrogens with zero attached hydrogens (tertiary/aromatic N) is 2. The third kappa shape index (κ3) is 4.89. The Hall–Kier alpha value is -3.06. The highest BCUT2D eigenvalue weighted by molar-refractivity contribution is 7.89. The molecule has 13 heteroatoms. The molecule has 1 spiro atoms. The van der Waals surface area contributed by atoms with Gasteiger partial charge in [-0.3, -0.25) is 15.0 Å². The first kappa shape index (κ1) is 25.6. The zero-order valence-electron chi connectivity index (χ0n) is 18.9. The van der Waals surface area contributed by atoms with Crippen LogP contribution in [0.5, 0.6) is 0 Å². The van der Waals surface area contributed by atoms with Gasteiger partial charge in [-0.1, -0.05) is 33.1 Å². The quantitative estimate of drug-likeness (QED) is 0.406. The van der Waals surface area contributed by atoms with E-state index in [-0.39, 0.29) is 18.0 Å². The molecule has 1 saturated carbocycles. The van der Waals surface area contributed by atoms with E-state index in [9.17, 15) is 32.0 Å². The average Bonchev–Trinajstić information content (AvgIpc) is 3.02. The van der Waals surface area contributed by atoms with Crippen LogP contribution in [0.3, 0.4) is 0 Å². The molecule has 0 atom stereocenters. The molecule has 2 N–H and O–H groups in total. The summed E-state index contributed by atoms with van der Waals surface area (Å²) < 4.78 is 45.4. The van der Waals surface area contributed by atoms with Crippen LogP contribution in [0.15, 0.2) is 23.1 Å². The number of esters is 1. The van der Waals surface area contributed by atoms with Gasteiger partial charge >= 0.3 is 12.0 Å². The minimum absolute atomic E-state index is 0.181. The summed E-state index contributed by atoms with van der Waals surface area (Å²) in [7, 11) is -3.96. The standard InChI is InChI=1S/C21H27FN4O7S/c1-3-25(4-2)34(31,32)14-8-9-16(22)15(12-14)18(28)33-13-17(27)24-26-19(29)21(23-20(26)30)10-6-5-7-11-21/h8-9,12H,3-7,10-11,13H2,1-2H3,(H,23,30)(H,24,27). The molecule has 186 valence electrons. The van der Waals surface area contributed by atoms with Crippen LogP contribution in [0.2, 0.25) is 0 Å². The molecule has 0 radical (unpaired) electrons. The van der Waals surface area contributed by atoms with Crippen LogP contribution in [-0.4, -0.2) is 66.8 Å². The van der Waals surface area contributed by atoms with Crippen molar-refractivity contribution in [2.24, 2.45) is 0 Å². The molecule has 11 nitrogen and oxygen atoms in total. The number of hydrogen-bond donors (Lipinski definition) is 2. The van der Waals surface area contributed by atoms with Gasteiger partial charge in [0, 0.05) is 13.1 Å². The number of carbonyl (C=O) groups is 4. The number of hydrogen-bond acceptors (Lipinski definition) is 7. The minimum atomic E-state index is -3.96. The summed E-state index contributed by atoms with van der Waals surface area (Å²) in [5.41, 5.74) is 0.385. The van der Waals surface area contributed by atoms with Gasteiger partial charge < -0.3 is 10.1 Å². The fraction of sp³-hybridized carbons (Fsp3) is 0.524. The summed E-state index contributed by atoms with van der Waals surface area (Å²) in [6.45, 7) is 2.72. The summed E-state index contributed by atoms with van der Waals surface area (Å²) in [4.78, 5) is 49.1. The Morgan fingerprint density at radius 2 is 1.82 bits per heavy atom. The van der Waals surface area contributed by atoms with E-state index in [2.05, 4.69) is 10.7 Å². The number of imide groups is 1. The maximum atomic E-state index is 14.2.